The molecule has 188 valence electrons. The summed E-state index contributed by atoms with van der Waals surface area (Å²) in [7, 11) is 0. The van der Waals surface area contributed by atoms with Crippen molar-refractivity contribution in [2.45, 2.75) is 68.2 Å². The summed E-state index contributed by atoms with van der Waals surface area (Å²) in [4.78, 5) is 16.5. The molecule has 0 saturated heterocycles. The molecule has 0 fully saturated rings. The molecule has 34 heavy (non-hydrogen) atoms. The number of carbonyl (C=O) groups excluding carboxylic acids is 1. The highest BCUT2D eigenvalue weighted by Gasteiger charge is 2.20. The third kappa shape index (κ3) is 10.4. The smallest absolute Gasteiger partial charge is 0.215 e. The molecule has 0 bridgehead atoms. The van der Waals surface area contributed by atoms with Gasteiger partial charge in [-0.25, -0.2) is 4.39 Å². The zero-order chi connectivity index (χ0) is 26.1. The molecule has 0 aliphatic carbocycles. The number of allylic oxidation sites excluding steroid dienone is 3. The van der Waals surface area contributed by atoms with E-state index in [-0.39, 0.29) is 10.9 Å². The first kappa shape index (κ1) is 31.8. The molecule has 2 rings (SSSR count). The Balaban J connectivity index is 0.00000104. The van der Waals surface area contributed by atoms with Gasteiger partial charge in [-0.15, -0.1) is 0 Å². The van der Waals surface area contributed by atoms with E-state index >= 15 is 0 Å². The Kier molecular flexibility index (Phi) is 16.9. The summed E-state index contributed by atoms with van der Waals surface area (Å²) in [5.74, 6) is -0.280. The van der Waals surface area contributed by atoms with Gasteiger partial charge in [-0.1, -0.05) is 51.1 Å². The number of benzene rings is 1. The van der Waals surface area contributed by atoms with E-state index < -0.39 is 0 Å². The quantitative estimate of drug-likeness (QED) is 0.212. The first-order valence-electron chi connectivity index (χ1n) is 12.0. The van der Waals surface area contributed by atoms with E-state index in [0.717, 1.165) is 59.5 Å². The van der Waals surface area contributed by atoms with Gasteiger partial charge in [0, 0.05) is 31.2 Å². The van der Waals surface area contributed by atoms with Crippen molar-refractivity contribution in [3.63, 3.8) is 0 Å². The molecule has 3 nitrogen and oxygen atoms in total. The van der Waals surface area contributed by atoms with Gasteiger partial charge in [0.1, 0.15) is 5.82 Å². The molecule has 0 unspecified atom stereocenters. The summed E-state index contributed by atoms with van der Waals surface area (Å²) in [5, 5.41) is 0.00605. The minimum atomic E-state index is -0.280. The maximum absolute atomic E-state index is 13.6. The van der Waals surface area contributed by atoms with Crippen molar-refractivity contribution in [1.29, 1.82) is 0 Å². The summed E-state index contributed by atoms with van der Waals surface area (Å²) in [6.45, 7) is 17.8. The average molecular weight is 488 g/mol. The lowest BCUT2D eigenvalue weighted by atomic mass is 9.85. The number of hydrogen-bond acceptors (Lipinski definition) is 4. The Bertz CT molecular complexity index is 928. The maximum Gasteiger partial charge on any atom is 0.215 e. The number of hydrogen-bond donors (Lipinski definition) is 0. The fourth-order valence-corrected chi connectivity index (χ4v) is 3.69. The van der Waals surface area contributed by atoms with E-state index in [4.69, 9.17) is 4.74 Å². The van der Waals surface area contributed by atoms with Gasteiger partial charge >= 0.3 is 0 Å². The number of aryl methyl sites for hydroxylation is 1. The molecule has 0 aliphatic rings. The van der Waals surface area contributed by atoms with Crippen molar-refractivity contribution in [3.05, 3.63) is 76.4 Å². The molecule has 0 N–H and O–H groups in total. The first-order valence-corrected chi connectivity index (χ1v) is 13.2. The van der Waals surface area contributed by atoms with Crippen LogP contribution in [0.5, 0.6) is 0 Å². The fourth-order valence-electron chi connectivity index (χ4n) is 3.28. The standard InChI is InChI=1S/C21H22FNOS.C6H14O.C2H6/c1-13(2)19(16-8-10-23-11-9-16)20(15(4)21(24)25-5)18-7-6-17(22)12-14(18)3;1-3-5-7-6-4-2;1-2/h6-12H,1-5H3;3-6H2,1-2H3;1-2H3/b20-15+;;. The number of pyridine rings is 1. The van der Waals surface area contributed by atoms with Crippen LogP contribution in [0.2, 0.25) is 0 Å². The van der Waals surface area contributed by atoms with Gasteiger partial charge in [-0.3, -0.25) is 9.78 Å². The molecule has 0 aliphatic heterocycles. The van der Waals surface area contributed by atoms with E-state index in [1.54, 1.807) is 24.7 Å². The monoisotopic (exact) mass is 487 g/mol. The Morgan fingerprint density at radius 3 is 1.97 bits per heavy atom. The average Bonchev–Trinajstić information content (AvgIpc) is 2.84. The fraction of sp³-hybridized carbons (Fsp3) is 0.448. The molecular formula is C29H42FNO2S. The van der Waals surface area contributed by atoms with Crippen LogP contribution in [0, 0.1) is 12.7 Å². The summed E-state index contributed by atoms with van der Waals surface area (Å²) in [6.07, 6.45) is 7.52. The van der Waals surface area contributed by atoms with E-state index in [0.29, 0.717) is 5.57 Å². The highest BCUT2D eigenvalue weighted by atomic mass is 32.2. The van der Waals surface area contributed by atoms with Crippen molar-refractivity contribution in [1.82, 2.24) is 4.98 Å². The Labute approximate surface area is 210 Å². The van der Waals surface area contributed by atoms with Crippen LogP contribution in [-0.2, 0) is 9.53 Å². The molecule has 2 aromatic rings. The topological polar surface area (TPSA) is 39.2 Å². The highest BCUT2D eigenvalue weighted by molar-refractivity contribution is 8.13. The molecular weight excluding hydrogens is 445 g/mol. The van der Waals surface area contributed by atoms with Crippen LogP contribution in [-0.4, -0.2) is 29.6 Å². The number of thioether (sulfide) groups is 1. The summed E-state index contributed by atoms with van der Waals surface area (Å²) >= 11 is 1.18. The lowest BCUT2D eigenvalue weighted by Crippen LogP contribution is -2.04. The second kappa shape index (κ2) is 18.1. The van der Waals surface area contributed by atoms with Crippen LogP contribution in [0.3, 0.4) is 0 Å². The zero-order valence-electron chi connectivity index (χ0n) is 22.4. The lowest BCUT2D eigenvalue weighted by Gasteiger charge is -2.20. The minimum absolute atomic E-state index is 0.00605. The second-order valence-electron chi connectivity index (χ2n) is 7.67. The van der Waals surface area contributed by atoms with Crippen LogP contribution >= 0.6 is 11.8 Å². The third-order valence-corrected chi connectivity index (χ3v) is 5.42. The molecule has 0 radical (unpaired) electrons. The molecule has 1 aromatic carbocycles. The van der Waals surface area contributed by atoms with Crippen molar-refractivity contribution >= 4 is 28.0 Å². The number of halogens is 1. The minimum Gasteiger partial charge on any atom is -0.381 e. The van der Waals surface area contributed by atoms with Gasteiger partial charge in [0.15, 0.2) is 0 Å². The molecule has 0 atom stereocenters. The number of ether oxygens (including phenoxy) is 1. The SMILES string of the molecule is CC.CCCOCCC.CSC(=O)/C(C)=C(/C(=C(C)C)c1ccncc1)c1ccc(F)cc1C. The Morgan fingerprint density at radius 2 is 1.53 bits per heavy atom. The normalized spacial score (nSPS) is 10.8. The van der Waals surface area contributed by atoms with Crippen LogP contribution in [0.25, 0.3) is 11.1 Å². The number of rotatable bonds is 8. The van der Waals surface area contributed by atoms with Gasteiger partial charge in [-0.2, -0.15) is 0 Å². The van der Waals surface area contributed by atoms with E-state index in [9.17, 15) is 9.18 Å². The predicted octanol–water partition coefficient (Wildman–Crippen LogP) is 8.54. The van der Waals surface area contributed by atoms with Crippen molar-refractivity contribution < 1.29 is 13.9 Å². The van der Waals surface area contributed by atoms with Crippen molar-refractivity contribution in [3.8, 4) is 0 Å². The van der Waals surface area contributed by atoms with E-state index in [1.807, 2.05) is 53.7 Å². The van der Waals surface area contributed by atoms with Crippen LogP contribution in [0.1, 0.15) is 78.0 Å². The zero-order valence-corrected chi connectivity index (χ0v) is 23.2. The summed E-state index contributed by atoms with van der Waals surface area (Å²) in [6, 6.07) is 8.55. The molecule has 1 heterocycles. The largest absolute Gasteiger partial charge is 0.381 e. The van der Waals surface area contributed by atoms with Crippen molar-refractivity contribution in [2.75, 3.05) is 19.5 Å². The van der Waals surface area contributed by atoms with Crippen LogP contribution < -0.4 is 0 Å². The third-order valence-electron chi connectivity index (χ3n) is 4.74. The van der Waals surface area contributed by atoms with Crippen LogP contribution in [0.4, 0.5) is 4.39 Å². The number of aromatic nitrogens is 1. The van der Waals surface area contributed by atoms with Gasteiger partial charge in [-0.05, 0) is 98.9 Å². The van der Waals surface area contributed by atoms with E-state index in [2.05, 4.69) is 18.8 Å². The molecule has 5 heteroatoms. The van der Waals surface area contributed by atoms with Crippen molar-refractivity contribution in [2.24, 2.45) is 0 Å². The summed E-state index contributed by atoms with van der Waals surface area (Å²) < 4.78 is 18.7. The van der Waals surface area contributed by atoms with Gasteiger partial charge in [0.2, 0.25) is 5.12 Å². The molecule has 0 saturated carbocycles. The maximum atomic E-state index is 13.6. The molecule has 1 aromatic heterocycles. The highest BCUT2D eigenvalue weighted by Crippen LogP contribution is 2.38. The lowest BCUT2D eigenvalue weighted by molar-refractivity contribution is -0.107. The number of nitrogens with zero attached hydrogens (tertiary/aromatic N) is 1. The summed E-state index contributed by atoms with van der Waals surface area (Å²) in [5.41, 5.74) is 6.24. The second-order valence-corrected chi connectivity index (χ2v) is 8.45. The Hall–Kier alpha value is -2.24. The first-order chi connectivity index (χ1) is 16.3. The Morgan fingerprint density at radius 1 is 0.971 bits per heavy atom. The van der Waals surface area contributed by atoms with Gasteiger partial charge < -0.3 is 4.74 Å². The number of carbonyl (C=O) groups is 1. The van der Waals surface area contributed by atoms with Gasteiger partial charge in [0.25, 0.3) is 0 Å². The molecule has 0 spiro atoms. The van der Waals surface area contributed by atoms with Crippen LogP contribution in [0.15, 0.2) is 53.9 Å². The predicted molar refractivity (Wildman–Crippen MR) is 148 cm³/mol. The molecule has 0 amide bonds. The van der Waals surface area contributed by atoms with Gasteiger partial charge in [0.05, 0.1) is 0 Å². The van der Waals surface area contributed by atoms with E-state index in [1.165, 1.54) is 23.9 Å².